The number of para-hydroxylation sites is 1. The molecule has 2 N–H and O–H groups in total. The minimum absolute atomic E-state index is 0.108. The Hall–Kier alpha value is -1.76. The number of hydrogen-bond acceptors (Lipinski definition) is 2. The van der Waals surface area contributed by atoms with Gasteiger partial charge in [0.1, 0.15) is 11.6 Å². The van der Waals surface area contributed by atoms with E-state index < -0.39 is 17.7 Å². The first-order chi connectivity index (χ1) is 14.9. The summed E-state index contributed by atoms with van der Waals surface area (Å²) in [6, 6.07) is 10.5. The van der Waals surface area contributed by atoms with Gasteiger partial charge in [-0.25, -0.2) is 8.78 Å². The summed E-state index contributed by atoms with van der Waals surface area (Å²) in [6.45, 7) is 2.37. The van der Waals surface area contributed by atoms with E-state index in [1.165, 1.54) is 12.1 Å². The van der Waals surface area contributed by atoms with Gasteiger partial charge in [0.15, 0.2) is 0 Å². The number of rotatable bonds is 3. The molecule has 0 amide bonds. The van der Waals surface area contributed by atoms with Gasteiger partial charge in [0, 0.05) is 44.8 Å². The Bertz CT molecular complexity index is 1160. The zero-order valence-electron chi connectivity index (χ0n) is 17.3. The number of hydrogen-bond donors (Lipinski definition) is 2. The van der Waals surface area contributed by atoms with Crippen LogP contribution in [0.3, 0.4) is 0 Å². The number of fused-ring (bicyclic) bond motifs is 4. The van der Waals surface area contributed by atoms with E-state index in [1.807, 2.05) is 18.2 Å². The van der Waals surface area contributed by atoms with Gasteiger partial charge in [-0.3, -0.25) is 4.90 Å². The molecule has 6 heteroatoms. The lowest BCUT2D eigenvalue weighted by Gasteiger charge is -2.55. The van der Waals surface area contributed by atoms with E-state index in [0.717, 1.165) is 47.8 Å². The van der Waals surface area contributed by atoms with E-state index in [-0.39, 0.29) is 29.7 Å². The van der Waals surface area contributed by atoms with Crippen LogP contribution in [0.2, 0.25) is 0 Å². The third-order valence-electron chi connectivity index (χ3n) is 8.07. The second-order valence-corrected chi connectivity index (χ2v) is 10.7. The van der Waals surface area contributed by atoms with E-state index in [2.05, 4.69) is 38.8 Å². The molecule has 162 valence electrons. The lowest BCUT2D eigenvalue weighted by Crippen LogP contribution is -2.59. The molecule has 2 bridgehead atoms. The zero-order chi connectivity index (χ0) is 21.5. The topological polar surface area (TPSA) is 39.3 Å². The molecule has 0 saturated heterocycles. The molecule has 3 atom stereocenters. The van der Waals surface area contributed by atoms with E-state index >= 15 is 8.78 Å². The van der Waals surface area contributed by atoms with E-state index in [9.17, 15) is 5.11 Å². The first kappa shape index (κ1) is 19.9. The minimum atomic E-state index is -0.524. The molecule has 0 unspecified atom stereocenters. The number of nitrogens with one attached hydrogen (secondary N) is 1. The summed E-state index contributed by atoms with van der Waals surface area (Å²) in [4.78, 5) is 5.91. The highest BCUT2D eigenvalue weighted by atomic mass is 79.9. The van der Waals surface area contributed by atoms with E-state index in [1.54, 1.807) is 0 Å². The van der Waals surface area contributed by atoms with Gasteiger partial charge in [0.05, 0.1) is 6.04 Å². The number of benzene rings is 2. The van der Waals surface area contributed by atoms with Gasteiger partial charge in [-0.1, -0.05) is 34.1 Å². The fourth-order valence-electron chi connectivity index (χ4n) is 6.90. The van der Waals surface area contributed by atoms with E-state index in [4.69, 9.17) is 0 Å². The molecule has 3 nitrogen and oxygen atoms in total. The van der Waals surface area contributed by atoms with Gasteiger partial charge < -0.3 is 10.1 Å². The number of aromatic amines is 1. The van der Waals surface area contributed by atoms with Crippen LogP contribution in [0.25, 0.3) is 10.9 Å². The summed E-state index contributed by atoms with van der Waals surface area (Å²) in [5, 5.41) is 11.0. The second-order valence-electron chi connectivity index (χ2n) is 9.75. The minimum Gasteiger partial charge on any atom is -0.396 e. The summed E-state index contributed by atoms with van der Waals surface area (Å²) in [6.07, 6.45) is 3.72. The summed E-state index contributed by atoms with van der Waals surface area (Å²) < 4.78 is 31.1. The van der Waals surface area contributed by atoms with Crippen LogP contribution in [0.1, 0.15) is 49.0 Å². The molecule has 1 aliphatic heterocycles. The van der Waals surface area contributed by atoms with Crippen molar-refractivity contribution in [1.82, 2.24) is 9.88 Å². The molecule has 2 aromatic carbocycles. The Labute approximate surface area is 188 Å². The largest absolute Gasteiger partial charge is 0.396 e. The third kappa shape index (κ3) is 2.74. The van der Waals surface area contributed by atoms with Gasteiger partial charge in [-0.15, -0.1) is 0 Å². The lowest BCUT2D eigenvalue weighted by atomic mass is 9.71. The van der Waals surface area contributed by atoms with Crippen LogP contribution in [0, 0.1) is 23.5 Å². The Morgan fingerprint density at radius 1 is 1.16 bits per heavy atom. The first-order valence-electron chi connectivity index (χ1n) is 11.0. The molecule has 1 aromatic heterocycles. The van der Waals surface area contributed by atoms with Gasteiger partial charge in [0.25, 0.3) is 0 Å². The fourth-order valence-corrected chi connectivity index (χ4v) is 7.30. The number of aliphatic hydroxyl groups excluding tert-OH is 1. The monoisotopic (exact) mass is 486 g/mol. The number of aromatic nitrogens is 1. The summed E-state index contributed by atoms with van der Waals surface area (Å²) in [5.74, 6) is -0.243. The molecule has 3 aromatic rings. The molecule has 2 heterocycles. The van der Waals surface area contributed by atoms with Crippen LogP contribution in [0.5, 0.6) is 0 Å². The maximum atomic E-state index is 15.4. The molecule has 0 radical (unpaired) electrons. The van der Waals surface area contributed by atoms with Gasteiger partial charge >= 0.3 is 0 Å². The highest BCUT2D eigenvalue weighted by Gasteiger charge is 2.62. The van der Waals surface area contributed by atoms with Crippen molar-refractivity contribution in [3.05, 3.63) is 69.3 Å². The highest BCUT2D eigenvalue weighted by molar-refractivity contribution is 9.10. The normalized spacial score (nSPS) is 32.3. The standard InChI is InChI=1S/C25H25BrF2N2O/c1-13-6-18-17-4-2-3-5-21(17)29-23(18)24(22-19(27)7-16(26)8-20(22)28)30(13)25-9-14(10-25)15(11-25)12-31/h2-5,7-8,13-15,24,29,31H,6,9-12H2,1H3/t13-,14?,15-,24-,25?/m1/s1. The molecule has 3 aliphatic carbocycles. The van der Waals surface area contributed by atoms with Crippen molar-refractivity contribution in [1.29, 1.82) is 0 Å². The Balaban J connectivity index is 1.58. The van der Waals surface area contributed by atoms with Crippen molar-refractivity contribution >= 4 is 26.8 Å². The van der Waals surface area contributed by atoms with Gasteiger partial charge in [-0.05, 0) is 68.2 Å². The summed E-state index contributed by atoms with van der Waals surface area (Å²) >= 11 is 3.23. The highest BCUT2D eigenvalue weighted by Crippen LogP contribution is 2.62. The smallest absolute Gasteiger partial charge is 0.132 e. The van der Waals surface area contributed by atoms with Crippen molar-refractivity contribution in [2.75, 3.05) is 6.61 Å². The second kappa shape index (κ2) is 6.87. The van der Waals surface area contributed by atoms with E-state index in [0.29, 0.717) is 10.4 Å². The molecule has 31 heavy (non-hydrogen) atoms. The Morgan fingerprint density at radius 3 is 2.55 bits per heavy atom. The third-order valence-corrected chi connectivity index (χ3v) is 8.52. The van der Waals surface area contributed by atoms with Crippen molar-refractivity contribution < 1.29 is 13.9 Å². The number of halogens is 3. The fraction of sp³-hybridized carbons (Fsp3) is 0.440. The number of nitrogens with zero attached hydrogens (tertiary/aromatic N) is 1. The molecule has 7 rings (SSSR count). The van der Waals surface area contributed by atoms with Gasteiger partial charge in [-0.2, -0.15) is 0 Å². The molecule has 3 fully saturated rings. The molecule has 0 spiro atoms. The van der Waals surface area contributed by atoms with Crippen molar-refractivity contribution in [3.8, 4) is 0 Å². The SMILES string of the molecule is C[C@@H]1Cc2c([nH]c3ccccc23)[C@@H](c2c(F)cc(Br)cc2F)N1C12CC(C1)[C@@H](CO)C2. The van der Waals surface area contributed by atoms with Crippen molar-refractivity contribution in [3.63, 3.8) is 0 Å². The Morgan fingerprint density at radius 2 is 1.87 bits per heavy atom. The van der Waals surface area contributed by atoms with Crippen LogP contribution in [0.4, 0.5) is 8.78 Å². The van der Waals surface area contributed by atoms with Crippen LogP contribution < -0.4 is 0 Å². The molecular weight excluding hydrogens is 462 g/mol. The van der Waals surface area contributed by atoms with Crippen LogP contribution in [0.15, 0.2) is 40.9 Å². The van der Waals surface area contributed by atoms with Crippen molar-refractivity contribution in [2.24, 2.45) is 11.8 Å². The zero-order valence-corrected chi connectivity index (χ0v) is 18.9. The maximum absolute atomic E-state index is 15.4. The average Bonchev–Trinajstić information content (AvgIpc) is 3.36. The summed E-state index contributed by atoms with van der Waals surface area (Å²) in [5.41, 5.74) is 3.09. The Kier molecular flexibility index (Phi) is 4.41. The lowest BCUT2D eigenvalue weighted by molar-refractivity contribution is -0.0362. The van der Waals surface area contributed by atoms with Crippen LogP contribution >= 0.6 is 15.9 Å². The molecule has 3 saturated carbocycles. The predicted octanol–water partition coefficient (Wildman–Crippen LogP) is 5.71. The van der Waals surface area contributed by atoms with Crippen LogP contribution in [-0.2, 0) is 6.42 Å². The predicted molar refractivity (Wildman–Crippen MR) is 120 cm³/mol. The van der Waals surface area contributed by atoms with Gasteiger partial charge in [0.2, 0.25) is 0 Å². The quantitative estimate of drug-likeness (QED) is 0.497. The van der Waals surface area contributed by atoms with Crippen molar-refractivity contribution in [2.45, 2.75) is 50.2 Å². The first-order valence-corrected chi connectivity index (χ1v) is 11.8. The number of H-pyrrole nitrogens is 1. The maximum Gasteiger partial charge on any atom is 0.132 e. The van der Waals surface area contributed by atoms with Crippen LogP contribution in [-0.4, -0.2) is 33.2 Å². The molecular formula is C25H25BrF2N2O. The summed E-state index contributed by atoms with van der Waals surface area (Å²) in [7, 11) is 0. The average molecular weight is 487 g/mol. The molecule has 4 aliphatic rings. The number of aliphatic hydroxyl groups is 1.